The minimum absolute atomic E-state index is 0.145. The maximum absolute atomic E-state index is 14.4. The molecule has 0 saturated heterocycles. The molecule has 0 saturated carbocycles. The van der Waals surface area contributed by atoms with Crippen LogP contribution in [0.5, 0.6) is 0 Å². The van der Waals surface area contributed by atoms with Gasteiger partial charge in [-0.15, -0.1) is 0 Å². The standard InChI is InChI=1S/C21H17F4N3O2/c1-13-5-4-6-14(9-13)18(15-7-2-3-8-16(15)22)26-10-17-19(28-12-27-17)20(29)30-11-21(23,24)25/h2-9,12H,10-11H2,1H3,(H,27,28). The smallest absolute Gasteiger partial charge is 0.422 e. The fraction of sp³-hybridized carbons (Fsp3) is 0.190. The number of alkyl halides is 3. The number of ether oxygens (including phenoxy) is 1. The van der Waals surface area contributed by atoms with Gasteiger partial charge in [0.1, 0.15) is 5.82 Å². The van der Waals surface area contributed by atoms with E-state index in [1.807, 2.05) is 19.1 Å². The largest absolute Gasteiger partial charge is 0.451 e. The molecule has 3 aromatic rings. The van der Waals surface area contributed by atoms with Gasteiger partial charge in [-0.05, 0) is 25.1 Å². The van der Waals surface area contributed by atoms with Gasteiger partial charge in [-0.3, -0.25) is 4.99 Å². The minimum Gasteiger partial charge on any atom is -0.451 e. The number of imidazole rings is 1. The Morgan fingerprint density at radius 1 is 1.17 bits per heavy atom. The van der Waals surface area contributed by atoms with E-state index in [-0.39, 0.29) is 23.5 Å². The number of hydrogen-bond acceptors (Lipinski definition) is 4. The summed E-state index contributed by atoms with van der Waals surface area (Å²) in [7, 11) is 0. The number of aromatic amines is 1. The Balaban J connectivity index is 1.92. The van der Waals surface area contributed by atoms with Crippen LogP contribution in [0, 0.1) is 12.7 Å². The van der Waals surface area contributed by atoms with Crippen molar-refractivity contribution in [1.82, 2.24) is 9.97 Å². The summed E-state index contributed by atoms with van der Waals surface area (Å²) in [6.45, 7) is 0.0192. The second-order valence-corrected chi connectivity index (χ2v) is 6.44. The maximum Gasteiger partial charge on any atom is 0.422 e. The SMILES string of the molecule is Cc1cccc(C(=NCc2[nH]cnc2C(=O)OCC(F)(F)F)c2ccccc2F)c1. The van der Waals surface area contributed by atoms with Crippen LogP contribution in [0.4, 0.5) is 17.6 Å². The molecule has 2 aromatic carbocycles. The van der Waals surface area contributed by atoms with Crippen molar-refractivity contribution in [3.8, 4) is 0 Å². The zero-order valence-corrected chi connectivity index (χ0v) is 15.8. The highest BCUT2D eigenvalue weighted by Gasteiger charge is 2.30. The zero-order valence-electron chi connectivity index (χ0n) is 15.8. The molecule has 0 radical (unpaired) electrons. The summed E-state index contributed by atoms with van der Waals surface area (Å²) >= 11 is 0. The van der Waals surface area contributed by atoms with Gasteiger partial charge in [-0.1, -0.05) is 35.9 Å². The number of aryl methyl sites for hydroxylation is 1. The van der Waals surface area contributed by atoms with Crippen LogP contribution in [0.2, 0.25) is 0 Å². The molecule has 0 unspecified atom stereocenters. The minimum atomic E-state index is -4.65. The van der Waals surface area contributed by atoms with Crippen molar-refractivity contribution in [2.75, 3.05) is 6.61 Å². The van der Waals surface area contributed by atoms with Crippen molar-refractivity contribution >= 4 is 11.7 Å². The first kappa shape index (κ1) is 21.2. The van der Waals surface area contributed by atoms with Crippen molar-refractivity contribution in [3.63, 3.8) is 0 Å². The van der Waals surface area contributed by atoms with Gasteiger partial charge in [0, 0.05) is 11.1 Å². The number of aromatic nitrogens is 2. The highest BCUT2D eigenvalue weighted by Crippen LogP contribution is 2.19. The van der Waals surface area contributed by atoms with E-state index in [2.05, 4.69) is 19.7 Å². The molecule has 0 fully saturated rings. The van der Waals surface area contributed by atoms with E-state index in [0.29, 0.717) is 11.3 Å². The van der Waals surface area contributed by atoms with E-state index in [4.69, 9.17) is 0 Å². The molecule has 0 atom stereocenters. The monoisotopic (exact) mass is 419 g/mol. The summed E-state index contributed by atoms with van der Waals surface area (Å²) < 4.78 is 55.6. The number of carbonyl (C=O) groups is 1. The second kappa shape index (κ2) is 8.89. The van der Waals surface area contributed by atoms with Gasteiger partial charge in [-0.2, -0.15) is 13.2 Å². The quantitative estimate of drug-likeness (QED) is 0.360. The van der Waals surface area contributed by atoms with Crippen molar-refractivity contribution in [1.29, 1.82) is 0 Å². The Bertz CT molecular complexity index is 1070. The van der Waals surface area contributed by atoms with E-state index < -0.39 is 24.6 Å². The molecule has 1 N–H and O–H groups in total. The van der Waals surface area contributed by atoms with Gasteiger partial charge < -0.3 is 9.72 Å². The summed E-state index contributed by atoms with van der Waals surface area (Å²) in [6.07, 6.45) is -3.49. The Morgan fingerprint density at radius 2 is 1.93 bits per heavy atom. The Labute approximate surface area is 169 Å². The molecule has 30 heavy (non-hydrogen) atoms. The molecule has 9 heteroatoms. The average Bonchev–Trinajstić information content (AvgIpc) is 3.16. The molecule has 156 valence electrons. The van der Waals surface area contributed by atoms with Crippen LogP contribution in [0.3, 0.4) is 0 Å². The third-order valence-corrected chi connectivity index (χ3v) is 4.09. The molecule has 1 heterocycles. The van der Waals surface area contributed by atoms with Crippen LogP contribution in [0.1, 0.15) is 32.9 Å². The number of rotatable bonds is 6. The van der Waals surface area contributed by atoms with Gasteiger partial charge in [0.2, 0.25) is 0 Å². The lowest BCUT2D eigenvalue weighted by Crippen LogP contribution is -2.21. The molecule has 0 bridgehead atoms. The number of nitrogens with zero attached hydrogens (tertiary/aromatic N) is 2. The molecule has 0 aliphatic rings. The van der Waals surface area contributed by atoms with E-state index in [1.165, 1.54) is 6.07 Å². The van der Waals surface area contributed by atoms with E-state index in [9.17, 15) is 22.4 Å². The van der Waals surface area contributed by atoms with E-state index in [0.717, 1.165) is 11.9 Å². The predicted octanol–water partition coefficient (Wildman–Crippen LogP) is 4.61. The highest BCUT2D eigenvalue weighted by molar-refractivity contribution is 6.13. The lowest BCUT2D eigenvalue weighted by Gasteiger charge is -2.10. The van der Waals surface area contributed by atoms with Gasteiger partial charge in [0.25, 0.3) is 0 Å². The Morgan fingerprint density at radius 3 is 2.63 bits per heavy atom. The lowest BCUT2D eigenvalue weighted by atomic mass is 10.00. The molecule has 0 amide bonds. The van der Waals surface area contributed by atoms with E-state index in [1.54, 1.807) is 30.3 Å². The second-order valence-electron chi connectivity index (χ2n) is 6.44. The summed E-state index contributed by atoms with van der Waals surface area (Å²) in [5.41, 5.74) is 2.03. The van der Waals surface area contributed by atoms with Crippen molar-refractivity contribution in [2.24, 2.45) is 4.99 Å². The maximum atomic E-state index is 14.4. The van der Waals surface area contributed by atoms with E-state index >= 15 is 0 Å². The van der Waals surface area contributed by atoms with Gasteiger partial charge >= 0.3 is 12.1 Å². The number of halogens is 4. The van der Waals surface area contributed by atoms with Gasteiger partial charge in [-0.25, -0.2) is 14.2 Å². The molecular weight excluding hydrogens is 402 g/mol. The van der Waals surface area contributed by atoms with Crippen molar-refractivity contribution in [3.05, 3.63) is 88.8 Å². The number of H-pyrrole nitrogens is 1. The Hall–Kier alpha value is -3.49. The number of benzene rings is 2. The molecule has 3 rings (SSSR count). The molecule has 0 aliphatic carbocycles. The molecule has 1 aromatic heterocycles. The van der Waals surface area contributed by atoms with Gasteiger partial charge in [0.05, 0.1) is 24.3 Å². The van der Waals surface area contributed by atoms with Crippen LogP contribution >= 0.6 is 0 Å². The fourth-order valence-corrected chi connectivity index (χ4v) is 2.77. The number of aliphatic imine (C=N–C) groups is 1. The number of esters is 1. The number of hydrogen-bond donors (Lipinski definition) is 1. The fourth-order valence-electron chi connectivity index (χ4n) is 2.77. The Kier molecular flexibility index (Phi) is 6.29. The summed E-state index contributed by atoms with van der Waals surface area (Å²) in [5, 5.41) is 0. The highest BCUT2D eigenvalue weighted by atomic mass is 19.4. The third kappa shape index (κ3) is 5.31. The van der Waals surface area contributed by atoms with Crippen molar-refractivity contribution < 1.29 is 27.1 Å². The molecular formula is C21H17F4N3O2. The first-order valence-electron chi connectivity index (χ1n) is 8.87. The zero-order chi connectivity index (χ0) is 21.7. The number of carbonyl (C=O) groups excluding carboxylic acids is 1. The third-order valence-electron chi connectivity index (χ3n) is 4.09. The average molecular weight is 419 g/mol. The number of nitrogens with one attached hydrogen (secondary N) is 1. The molecule has 5 nitrogen and oxygen atoms in total. The van der Waals surface area contributed by atoms with Crippen molar-refractivity contribution in [2.45, 2.75) is 19.6 Å². The first-order valence-corrected chi connectivity index (χ1v) is 8.87. The molecule has 0 spiro atoms. The summed E-state index contributed by atoms with van der Waals surface area (Å²) in [6, 6.07) is 13.4. The van der Waals surface area contributed by atoms with Crippen LogP contribution < -0.4 is 0 Å². The first-order chi connectivity index (χ1) is 14.2. The van der Waals surface area contributed by atoms with Gasteiger partial charge in [0.15, 0.2) is 12.3 Å². The predicted molar refractivity (Wildman–Crippen MR) is 102 cm³/mol. The summed E-state index contributed by atoms with van der Waals surface area (Å²) in [4.78, 5) is 22.8. The molecule has 0 aliphatic heterocycles. The topological polar surface area (TPSA) is 67.3 Å². The lowest BCUT2D eigenvalue weighted by molar-refractivity contribution is -0.161. The van der Waals surface area contributed by atoms with Crippen LogP contribution in [0.15, 0.2) is 59.9 Å². The summed E-state index contributed by atoms with van der Waals surface area (Å²) in [5.74, 6) is -1.70. The van der Waals surface area contributed by atoms with Crippen LogP contribution in [-0.2, 0) is 11.3 Å². The normalized spacial score (nSPS) is 12.1. The van der Waals surface area contributed by atoms with Crippen LogP contribution in [-0.4, -0.2) is 34.4 Å². The van der Waals surface area contributed by atoms with Crippen LogP contribution in [0.25, 0.3) is 0 Å².